The van der Waals surface area contributed by atoms with E-state index in [0.717, 1.165) is 11.3 Å². The molecule has 0 saturated heterocycles. The topological polar surface area (TPSA) is 97.2 Å². The van der Waals surface area contributed by atoms with E-state index >= 15 is 0 Å². The van der Waals surface area contributed by atoms with Gasteiger partial charge in [-0.25, -0.2) is 4.98 Å². The summed E-state index contributed by atoms with van der Waals surface area (Å²) in [5.41, 5.74) is 3.69. The summed E-state index contributed by atoms with van der Waals surface area (Å²) in [6.45, 7) is 2.48. The Morgan fingerprint density at radius 1 is 1.10 bits per heavy atom. The van der Waals surface area contributed by atoms with Crippen molar-refractivity contribution in [2.24, 2.45) is 7.05 Å². The van der Waals surface area contributed by atoms with Crippen LogP contribution in [0, 0.1) is 0 Å². The molecule has 14 heteroatoms. The van der Waals surface area contributed by atoms with Gasteiger partial charge in [0.15, 0.2) is 0 Å². The number of halogens is 4. The summed E-state index contributed by atoms with van der Waals surface area (Å²) in [6.07, 6.45) is -0.752. The van der Waals surface area contributed by atoms with Gasteiger partial charge in [-0.2, -0.15) is 23.3 Å². The van der Waals surface area contributed by atoms with Crippen LogP contribution in [-0.4, -0.2) is 59.5 Å². The number of ether oxygens (including phenoxy) is 1. The van der Waals surface area contributed by atoms with Crippen molar-refractivity contribution in [2.75, 3.05) is 49.1 Å². The van der Waals surface area contributed by atoms with Crippen LogP contribution in [0.1, 0.15) is 5.69 Å². The molecule has 0 atom stereocenters. The van der Waals surface area contributed by atoms with Crippen LogP contribution in [0.4, 0.5) is 42.0 Å². The molecule has 4 aromatic rings. The molecule has 3 heterocycles. The number of aryl methyl sites for hydroxylation is 1. The minimum Gasteiger partial charge on any atom is -0.494 e. The molecule has 0 fully saturated rings. The molecule has 1 aliphatic rings. The lowest BCUT2D eigenvalue weighted by Gasteiger charge is -2.27. The minimum atomic E-state index is -4.38. The fraction of sp³-hybridized carbons (Fsp3) is 0.296. The van der Waals surface area contributed by atoms with Crippen molar-refractivity contribution in [3.8, 4) is 16.9 Å². The van der Waals surface area contributed by atoms with E-state index in [0.29, 0.717) is 50.4 Å². The van der Waals surface area contributed by atoms with E-state index in [-0.39, 0.29) is 12.5 Å². The highest BCUT2D eigenvalue weighted by Gasteiger charge is 2.34. The summed E-state index contributed by atoms with van der Waals surface area (Å²) in [5, 5.41) is 11.4. The summed E-state index contributed by atoms with van der Waals surface area (Å²) < 4.78 is 61.3. The number of hydrogen-bond acceptors (Lipinski definition) is 8. The van der Waals surface area contributed by atoms with E-state index in [4.69, 9.17) is 4.74 Å². The molecule has 0 saturated carbocycles. The minimum absolute atomic E-state index is 0.170. The van der Waals surface area contributed by atoms with Crippen molar-refractivity contribution in [2.45, 2.75) is 12.6 Å². The third-order valence-corrected chi connectivity index (χ3v) is 8.86. The molecule has 0 spiro atoms. The maximum atomic E-state index is 13.5. The summed E-state index contributed by atoms with van der Waals surface area (Å²) in [7, 11) is 0.650. The SMILES string of the molecule is COc1cc2c(cc1Nc1ncc(Br)c(Nc3ccccc3P(C)(C)=O)n1)-c1cnn(C)c1CCN2CC(F)(F)F. The molecule has 2 aromatic carbocycles. The van der Waals surface area contributed by atoms with Crippen molar-refractivity contribution in [1.82, 2.24) is 19.7 Å². The van der Waals surface area contributed by atoms with Gasteiger partial charge in [0.05, 0.1) is 29.2 Å². The largest absolute Gasteiger partial charge is 0.494 e. The molecule has 2 aromatic heterocycles. The molecule has 216 valence electrons. The Kier molecular flexibility index (Phi) is 7.78. The molecule has 2 N–H and O–H groups in total. The predicted molar refractivity (Wildman–Crippen MR) is 159 cm³/mol. The van der Waals surface area contributed by atoms with E-state index < -0.39 is 19.9 Å². The zero-order valence-corrected chi connectivity index (χ0v) is 25.2. The number of fused-ring (bicyclic) bond motifs is 3. The lowest BCUT2D eigenvalue weighted by molar-refractivity contribution is -0.119. The zero-order valence-electron chi connectivity index (χ0n) is 22.8. The quantitative estimate of drug-likeness (QED) is 0.225. The average molecular weight is 650 g/mol. The van der Waals surface area contributed by atoms with Gasteiger partial charge in [0.1, 0.15) is 25.3 Å². The third-order valence-electron chi connectivity index (χ3n) is 6.73. The van der Waals surface area contributed by atoms with Crippen LogP contribution in [0.25, 0.3) is 11.1 Å². The van der Waals surface area contributed by atoms with Crippen LogP contribution >= 0.6 is 23.1 Å². The number of alkyl halides is 3. The van der Waals surface area contributed by atoms with Crippen molar-refractivity contribution >= 4 is 57.2 Å². The van der Waals surface area contributed by atoms with Gasteiger partial charge in [-0.15, -0.1) is 0 Å². The lowest BCUT2D eigenvalue weighted by Crippen LogP contribution is -2.35. The van der Waals surface area contributed by atoms with Gasteiger partial charge < -0.3 is 24.8 Å². The van der Waals surface area contributed by atoms with Crippen LogP contribution in [-0.2, 0) is 18.0 Å². The fourth-order valence-electron chi connectivity index (χ4n) is 4.85. The lowest BCUT2D eigenvalue weighted by atomic mass is 10.0. The number of methoxy groups -OCH3 is 1. The smallest absolute Gasteiger partial charge is 0.405 e. The van der Waals surface area contributed by atoms with Crippen LogP contribution in [0.3, 0.4) is 0 Å². The first-order valence-electron chi connectivity index (χ1n) is 12.6. The van der Waals surface area contributed by atoms with Crippen LogP contribution in [0.5, 0.6) is 5.75 Å². The maximum Gasteiger partial charge on any atom is 0.405 e. The molecule has 1 aliphatic heterocycles. The maximum absolute atomic E-state index is 13.5. The number of para-hydroxylation sites is 1. The third kappa shape index (κ3) is 6.20. The van der Waals surface area contributed by atoms with Crippen LogP contribution in [0.2, 0.25) is 0 Å². The number of benzene rings is 2. The van der Waals surface area contributed by atoms with Crippen molar-refractivity contribution in [3.05, 3.63) is 59.0 Å². The summed E-state index contributed by atoms with van der Waals surface area (Å²) in [4.78, 5) is 10.3. The van der Waals surface area contributed by atoms with Gasteiger partial charge in [-0.3, -0.25) is 4.68 Å². The zero-order chi connectivity index (χ0) is 29.5. The number of aromatic nitrogens is 4. The highest BCUT2D eigenvalue weighted by atomic mass is 79.9. The monoisotopic (exact) mass is 649 g/mol. The number of rotatable bonds is 7. The molecule has 0 bridgehead atoms. The van der Waals surface area contributed by atoms with E-state index in [1.807, 2.05) is 24.3 Å². The second kappa shape index (κ2) is 11.0. The Morgan fingerprint density at radius 3 is 2.56 bits per heavy atom. The van der Waals surface area contributed by atoms with E-state index in [2.05, 4.69) is 41.6 Å². The molecule has 0 aliphatic carbocycles. The first-order valence-corrected chi connectivity index (χ1v) is 16.0. The summed E-state index contributed by atoms with van der Waals surface area (Å²) in [5.74, 6) is 0.977. The standard InChI is InChI=1S/C27H28BrF3N7O2P/c1-37-21-9-10-38(15-27(29,30)31)22-12-23(40-2)20(11-16(22)17(21)13-33-37)35-26-32-14-18(28)25(36-26)34-19-7-5-6-8-24(19)41(3,4)39/h5-8,11-14H,9-10,15H2,1-4H3,(H2,32,34,35,36). The Bertz CT molecular complexity index is 1650. The van der Waals surface area contributed by atoms with Crippen molar-refractivity contribution < 1.29 is 22.5 Å². The molecular weight excluding hydrogens is 622 g/mol. The Balaban J connectivity index is 1.55. The Morgan fingerprint density at radius 2 is 1.85 bits per heavy atom. The average Bonchev–Trinajstić information content (AvgIpc) is 3.20. The van der Waals surface area contributed by atoms with Gasteiger partial charge in [0.2, 0.25) is 5.95 Å². The van der Waals surface area contributed by atoms with Gasteiger partial charge in [0, 0.05) is 60.1 Å². The van der Waals surface area contributed by atoms with Crippen molar-refractivity contribution in [1.29, 1.82) is 0 Å². The number of hydrogen-bond donors (Lipinski definition) is 2. The van der Waals surface area contributed by atoms with Crippen LogP contribution in [0.15, 0.2) is 53.3 Å². The molecule has 0 amide bonds. The Labute approximate surface area is 243 Å². The highest BCUT2D eigenvalue weighted by Crippen LogP contribution is 2.44. The van der Waals surface area contributed by atoms with Gasteiger partial charge >= 0.3 is 6.18 Å². The molecule has 9 nitrogen and oxygen atoms in total. The predicted octanol–water partition coefficient (Wildman–Crippen LogP) is 6.31. The molecular formula is C27H28BrF3N7O2P. The second-order valence-corrected chi connectivity index (χ2v) is 14.0. The second-order valence-electron chi connectivity index (χ2n) is 9.99. The first-order chi connectivity index (χ1) is 19.3. The molecule has 0 radical (unpaired) electrons. The number of anilines is 5. The fourth-order valence-corrected chi connectivity index (χ4v) is 6.30. The van der Waals surface area contributed by atoms with Gasteiger partial charge in [-0.05, 0) is 47.5 Å². The van der Waals surface area contributed by atoms with E-state index in [9.17, 15) is 17.7 Å². The molecule has 0 unspecified atom stereocenters. The normalized spacial score (nSPS) is 13.3. The van der Waals surface area contributed by atoms with Gasteiger partial charge in [0.25, 0.3) is 0 Å². The molecule has 5 rings (SSSR count). The van der Waals surface area contributed by atoms with Crippen LogP contribution < -0.4 is 25.6 Å². The van der Waals surface area contributed by atoms with Gasteiger partial charge in [-0.1, -0.05) is 12.1 Å². The number of nitrogens with zero attached hydrogens (tertiary/aromatic N) is 5. The van der Waals surface area contributed by atoms with Crippen molar-refractivity contribution in [3.63, 3.8) is 0 Å². The van der Waals surface area contributed by atoms with E-state index in [1.54, 1.807) is 49.6 Å². The summed E-state index contributed by atoms with van der Waals surface area (Å²) in [6, 6.07) is 10.6. The molecule has 41 heavy (non-hydrogen) atoms. The number of nitrogens with one attached hydrogen (secondary N) is 2. The highest BCUT2D eigenvalue weighted by molar-refractivity contribution is 9.10. The van der Waals surface area contributed by atoms with E-state index in [1.165, 1.54) is 12.0 Å². The first kappa shape index (κ1) is 28.9. The Hall–Kier alpha value is -3.57. The summed E-state index contributed by atoms with van der Waals surface area (Å²) >= 11 is 3.47.